The van der Waals surface area contributed by atoms with Crippen LogP contribution in [0.3, 0.4) is 0 Å². The van der Waals surface area contributed by atoms with Crippen LogP contribution in [0.4, 0.5) is 0 Å². The summed E-state index contributed by atoms with van der Waals surface area (Å²) in [6.45, 7) is 2.11. The summed E-state index contributed by atoms with van der Waals surface area (Å²) in [5.74, 6) is -0.744. The number of hydrogen-bond acceptors (Lipinski definition) is 5. The van der Waals surface area contributed by atoms with Crippen LogP contribution in [0.2, 0.25) is 0 Å². The molecule has 8 heteroatoms. The number of aryl methyl sites for hydroxylation is 1. The van der Waals surface area contributed by atoms with Gasteiger partial charge in [-0.2, -0.15) is 0 Å². The molecule has 0 aliphatic carbocycles. The molecule has 0 fully saturated rings. The monoisotopic (exact) mass is 511 g/mol. The highest BCUT2D eigenvalue weighted by molar-refractivity contribution is 9.10. The number of aromatic nitrogens is 2. The van der Waals surface area contributed by atoms with E-state index in [1.165, 1.54) is 23.3 Å². The number of nitrogens with one attached hydrogen (secondary N) is 1. The smallest absolute Gasteiger partial charge is 0.325 e. The van der Waals surface area contributed by atoms with Crippen molar-refractivity contribution in [1.29, 1.82) is 0 Å². The van der Waals surface area contributed by atoms with Crippen molar-refractivity contribution in [1.82, 2.24) is 14.9 Å². The second-order valence-corrected chi connectivity index (χ2v) is 9.45. The number of para-hydroxylation sites is 1. The summed E-state index contributed by atoms with van der Waals surface area (Å²) in [4.78, 5) is 35.7. The molecule has 1 amide bonds. The molecule has 0 aliphatic heterocycles. The van der Waals surface area contributed by atoms with Crippen LogP contribution in [0.25, 0.3) is 21.3 Å². The molecule has 2 heterocycles. The lowest BCUT2D eigenvalue weighted by Gasteiger charge is -2.21. The van der Waals surface area contributed by atoms with Gasteiger partial charge < -0.3 is 14.6 Å². The van der Waals surface area contributed by atoms with Crippen molar-refractivity contribution in [2.45, 2.75) is 13.3 Å². The Hall–Kier alpha value is -2.97. The predicted octanol–water partition coefficient (Wildman–Crippen LogP) is 5.22. The number of fused-ring (bicyclic) bond motifs is 1. The van der Waals surface area contributed by atoms with Gasteiger partial charge in [-0.1, -0.05) is 46.3 Å². The molecule has 2 aromatic heterocycles. The van der Waals surface area contributed by atoms with E-state index in [1.807, 2.05) is 61.7 Å². The summed E-state index contributed by atoms with van der Waals surface area (Å²) in [6, 6.07) is 15.8. The zero-order valence-electron chi connectivity index (χ0n) is 17.7. The van der Waals surface area contributed by atoms with E-state index in [1.54, 1.807) is 0 Å². The standard InChI is InChI=1S/C24H22BrN3O3S/c1-15-27-22(23(32-15)16-7-9-18(25)10-8-16)24(30)28(14-21(29)31-2)12-11-17-13-26-20-6-4-3-5-19(17)20/h3-10,13,26H,11-12,14H2,1-2H3. The second-order valence-electron chi connectivity index (χ2n) is 7.33. The van der Waals surface area contributed by atoms with Crippen molar-refractivity contribution in [3.63, 3.8) is 0 Å². The number of ether oxygens (including phenoxy) is 1. The maximum atomic E-state index is 13.5. The van der Waals surface area contributed by atoms with Crippen molar-refractivity contribution < 1.29 is 14.3 Å². The average molecular weight is 512 g/mol. The summed E-state index contributed by atoms with van der Waals surface area (Å²) in [7, 11) is 1.32. The normalized spacial score (nSPS) is 11.0. The maximum absolute atomic E-state index is 13.5. The molecule has 1 N–H and O–H groups in total. The van der Waals surface area contributed by atoms with Crippen molar-refractivity contribution in [3.05, 3.63) is 75.5 Å². The van der Waals surface area contributed by atoms with E-state index in [-0.39, 0.29) is 12.5 Å². The number of benzene rings is 2. The minimum Gasteiger partial charge on any atom is -0.468 e. The quantitative estimate of drug-likeness (QED) is 0.345. The van der Waals surface area contributed by atoms with E-state index in [0.29, 0.717) is 18.7 Å². The average Bonchev–Trinajstić information content (AvgIpc) is 3.40. The molecule has 164 valence electrons. The fourth-order valence-electron chi connectivity index (χ4n) is 3.59. The summed E-state index contributed by atoms with van der Waals surface area (Å²) in [6.07, 6.45) is 2.55. The van der Waals surface area contributed by atoms with E-state index in [2.05, 4.69) is 25.9 Å². The van der Waals surface area contributed by atoms with Crippen LogP contribution in [0, 0.1) is 6.92 Å². The van der Waals surface area contributed by atoms with Gasteiger partial charge in [0.15, 0.2) is 0 Å². The van der Waals surface area contributed by atoms with Gasteiger partial charge >= 0.3 is 5.97 Å². The van der Waals surface area contributed by atoms with Crippen LogP contribution in [0.15, 0.2) is 59.2 Å². The van der Waals surface area contributed by atoms with E-state index in [9.17, 15) is 9.59 Å². The first kappa shape index (κ1) is 22.2. The zero-order chi connectivity index (χ0) is 22.7. The Bertz CT molecular complexity index is 1260. The van der Waals surface area contributed by atoms with Crippen molar-refractivity contribution in [2.24, 2.45) is 0 Å². The molecule has 0 radical (unpaired) electrons. The van der Waals surface area contributed by atoms with Crippen LogP contribution >= 0.6 is 27.3 Å². The first-order valence-corrected chi connectivity index (χ1v) is 11.7. The van der Waals surface area contributed by atoms with Gasteiger partial charge in [-0.3, -0.25) is 9.59 Å². The first-order valence-electron chi connectivity index (χ1n) is 10.1. The Morgan fingerprint density at radius 2 is 1.91 bits per heavy atom. The summed E-state index contributed by atoms with van der Waals surface area (Å²) in [5.41, 5.74) is 3.40. The number of nitrogens with zero attached hydrogens (tertiary/aromatic N) is 2. The zero-order valence-corrected chi connectivity index (χ0v) is 20.1. The predicted molar refractivity (Wildman–Crippen MR) is 130 cm³/mol. The van der Waals surface area contributed by atoms with E-state index in [4.69, 9.17) is 4.74 Å². The van der Waals surface area contributed by atoms with Crippen LogP contribution in [-0.4, -0.2) is 46.9 Å². The highest BCUT2D eigenvalue weighted by Crippen LogP contribution is 2.32. The Morgan fingerprint density at radius 3 is 2.66 bits per heavy atom. The number of halogens is 1. The highest BCUT2D eigenvalue weighted by atomic mass is 79.9. The molecule has 0 aliphatic rings. The Labute approximate surface area is 198 Å². The number of aromatic amines is 1. The van der Waals surface area contributed by atoms with E-state index in [0.717, 1.165) is 36.4 Å². The lowest BCUT2D eigenvalue weighted by atomic mass is 10.1. The maximum Gasteiger partial charge on any atom is 0.325 e. The summed E-state index contributed by atoms with van der Waals surface area (Å²) < 4.78 is 5.80. The Morgan fingerprint density at radius 1 is 1.16 bits per heavy atom. The van der Waals surface area contributed by atoms with Crippen LogP contribution < -0.4 is 0 Å². The number of esters is 1. The second kappa shape index (κ2) is 9.67. The molecule has 0 unspecified atom stereocenters. The van der Waals surface area contributed by atoms with E-state index < -0.39 is 5.97 Å². The highest BCUT2D eigenvalue weighted by Gasteiger charge is 2.25. The van der Waals surface area contributed by atoms with Gasteiger partial charge in [0.05, 0.1) is 17.0 Å². The van der Waals surface area contributed by atoms with Gasteiger partial charge in [-0.25, -0.2) is 4.98 Å². The summed E-state index contributed by atoms with van der Waals surface area (Å²) in [5, 5.41) is 1.90. The molecule has 0 saturated heterocycles. The number of H-pyrrole nitrogens is 1. The molecule has 4 aromatic rings. The minimum absolute atomic E-state index is 0.131. The number of hydrogen-bond donors (Lipinski definition) is 1. The van der Waals surface area contributed by atoms with Crippen LogP contribution in [0.5, 0.6) is 0 Å². The molecule has 4 rings (SSSR count). The van der Waals surface area contributed by atoms with Gasteiger partial charge in [-0.05, 0) is 42.7 Å². The third-order valence-electron chi connectivity index (χ3n) is 5.20. The molecule has 0 atom stereocenters. The Kier molecular flexibility index (Phi) is 6.72. The minimum atomic E-state index is -0.464. The molecule has 32 heavy (non-hydrogen) atoms. The Balaban J connectivity index is 1.62. The van der Waals surface area contributed by atoms with Gasteiger partial charge in [-0.15, -0.1) is 11.3 Å². The third kappa shape index (κ3) is 4.76. The third-order valence-corrected chi connectivity index (χ3v) is 6.75. The number of carbonyl (C=O) groups is 2. The molecule has 0 saturated carbocycles. The largest absolute Gasteiger partial charge is 0.468 e. The van der Waals surface area contributed by atoms with Gasteiger partial charge in [0, 0.05) is 28.1 Å². The number of amides is 1. The number of thiazole rings is 1. The number of rotatable bonds is 7. The van der Waals surface area contributed by atoms with Crippen LogP contribution in [0.1, 0.15) is 21.1 Å². The number of methoxy groups -OCH3 is 1. The molecular weight excluding hydrogens is 490 g/mol. The van der Waals surface area contributed by atoms with Gasteiger partial charge in [0.1, 0.15) is 12.2 Å². The number of carbonyl (C=O) groups excluding carboxylic acids is 2. The summed E-state index contributed by atoms with van der Waals surface area (Å²) >= 11 is 4.91. The molecule has 2 aromatic carbocycles. The van der Waals surface area contributed by atoms with Crippen molar-refractivity contribution >= 4 is 50.0 Å². The SMILES string of the molecule is COC(=O)CN(CCc1c[nH]c2ccccc12)C(=O)c1nc(C)sc1-c1ccc(Br)cc1. The molecule has 0 bridgehead atoms. The van der Waals surface area contributed by atoms with Gasteiger partial charge in [0.2, 0.25) is 0 Å². The van der Waals surface area contributed by atoms with E-state index >= 15 is 0 Å². The fourth-order valence-corrected chi connectivity index (χ4v) is 4.77. The fraction of sp³-hybridized carbons (Fsp3) is 0.208. The van der Waals surface area contributed by atoms with Crippen molar-refractivity contribution in [3.8, 4) is 10.4 Å². The molecule has 0 spiro atoms. The lowest BCUT2D eigenvalue weighted by molar-refractivity contribution is -0.141. The topological polar surface area (TPSA) is 75.3 Å². The first-order chi connectivity index (χ1) is 15.5. The molecular formula is C24H22BrN3O3S. The lowest BCUT2D eigenvalue weighted by Crippen LogP contribution is -2.38. The van der Waals surface area contributed by atoms with Crippen molar-refractivity contribution in [2.75, 3.05) is 20.2 Å². The van der Waals surface area contributed by atoms with Gasteiger partial charge in [0.25, 0.3) is 5.91 Å². The van der Waals surface area contributed by atoms with Crippen LogP contribution in [-0.2, 0) is 16.0 Å². The molecule has 6 nitrogen and oxygen atoms in total.